The van der Waals surface area contributed by atoms with Crippen molar-refractivity contribution in [3.8, 4) is 0 Å². The van der Waals surface area contributed by atoms with Gasteiger partial charge in [0.2, 0.25) is 5.91 Å². The van der Waals surface area contributed by atoms with E-state index in [1.165, 1.54) is 19.3 Å². The first kappa shape index (κ1) is 15.7. The Bertz CT molecular complexity index is 480. The molecule has 0 unspecified atom stereocenters. The molecule has 1 amide bonds. The number of methoxy groups -OCH3 is 1. The maximum absolute atomic E-state index is 11.4. The molecule has 0 spiro atoms. The molecular formula is C16H19NO3. The summed E-state index contributed by atoms with van der Waals surface area (Å²) in [6.45, 7) is 3.44. The Labute approximate surface area is 119 Å². The lowest BCUT2D eigenvalue weighted by atomic mass is 10.0. The summed E-state index contributed by atoms with van der Waals surface area (Å²) in [5.74, 6) is -0.629. The highest BCUT2D eigenvalue weighted by molar-refractivity contribution is 5.87. The highest BCUT2D eigenvalue weighted by atomic mass is 16.5. The Morgan fingerprint density at radius 2 is 2.05 bits per heavy atom. The van der Waals surface area contributed by atoms with Gasteiger partial charge in [-0.25, -0.2) is 4.79 Å². The van der Waals surface area contributed by atoms with Crippen molar-refractivity contribution in [3.05, 3.63) is 60.7 Å². The van der Waals surface area contributed by atoms with Crippen molar-refractivity contribution in [1.29, 1.82) is 0 Å². The van der Waals surface area contributed by atoms with Crippen molar-refractivity contribution in [1.82, 2.24) is 5.32 Å². The average molecular weight is 273 g/mol. The van der Waals surface area contributed by atoms with Gasteiger partial charge in [-0.1, -0.05) is 43.0 Å². The van der Waals surface area contributed by atoms with Gasteiger partial charge in [0.1, 0.15) is 0 Å². The molecule has 0 radical (unpaired) electrons. The van der Waals surface area contributed by atoms with E-state index in [1.54, 1.807) is 6.08 Å². The molecule has 0 saturated heterocycles. The molecule has 0 saturated carbocycles. The van der Waals surface area contributed by atoms with Gasteiger partial charge in [0.25, 0.3) is 0 Å². The van der Waals surface area contributed by atoms with E-state index in [1.807, 2.05) is 30.3 Å². The summed E-state index contributed by atoms with van der Waals surface area (Å²) in [7, 11) is 1.33. The summed E-state index contributed by atoms with van der Waals surface area (Å²) >= 11 is 0. The third kappa shape index (κ3) is 6.00. The van der Waals surface area contributed by atoms with Crippen LogP contribution in [0.5, 0.6) is 0 Å². The molecule has 1 aromatic carbocycles. The van der Waals surface area contributed by atoms with Gasteiger partial charge >= 0.3 is 5.97 Å². The van der Waals surface area contributed by atoms with Crippen LogP contribution in [0.2, 0.25) is 0 Å². The zero-order chi connectivity index (χ0) is 14.8. The molecule has 4 heteroatoms. The largest absolute Gasteiger partial charge is 0.466 e. The molecule has 4 nitrogen and oxygen atoms in total. The van der Waals surface area contributed by atoms with E-state index in [4.69, 9.17) is 0 Å². The SMILES string of the molecule is C=CC(=O)N[C@H](C/C=C/C(=O)OC)Cc1ccccc1. The Hall–Kier alpha value is -2.36. The van der Waals surface area contributed by atoms with Gasteiger partial charge in [0.15, 0.2) is 0 Å². The van der Waals surface area contributed by atoms with Gasteiger partial charge in [-0.3, -0.25) is 4.79 Å². The Kier molecular flexibility index (Phi) is 6.82. The second kappa shape index (κ2) is 8.69. The summed E-state index contributed by atoms with van der Waals surface area (Å²) in [6, 6.07) is 9.74. The monoisotopic (exact) mass is 273 g/mol. The van der Waals surface area contributed by atoms with Crippen LogP contribution in [0.3, 0.4) is 0 Å². The molecule has 0 aliphatic heterocycles. The highest BCUT2D eigenvalue weighted by Crippen LogP contribution is 2.07. The number of amides is 1. The van der Waals surface area contributed by atoms with Crippen LogP contribution in [0, 0.1) is 0 Å². The van der Waals surface area contributed by atoms with Gasteiger partial charge in [0, 0.05) is 12.1 Å². The van der Waals surface area contributed by atoms with E-state index in [0.29, 0.717) is 12.8 Å². The zero-order valence-corrected chi connectivity index (χ0v) is 11.5. The molecular weight excluding hydrogens is 254 g/mol. The number of rotatable bonds is 7. The number of carbonyl (C=O) groups is 2. The molecule has 1 rings (SSSR count). The summed E-state index contributed by atoms with van der Waals surface area (Å²) in [5.41, 5.74) is 1.12. The lowest BCUT2D eigenvalue weighted by molar-refractivity contribution is -0.134. The van der Waals surface area contributed by atoms with Crippen LogP contribution < -0.4 is 5.32 Å². The molecule has 0 aromatic heterocycles. The molecule has 0 aliphatic carbocycles. The topological polar surface area (TPSA) is 55.4 Å². The lowest BCUT2D eigenvalue weighted by Crippen LogP contribution is -2.34. The first-order chi connectivity index (χ1) is 9.65. The minimum Gasteiger partial charge on any atom is -0.466 e. The van der Waals surface area contributed by atoms with Gasteiger partial charge < -0.3 is 10.1 Å². The average Bonchev–Trinajstić information content (AvgIpc) is 2.47. The van der Waals surface area contributed by atoms with Crippen molar-refractivity contribution in [2.45, 2.75) is 18.9 Å². The molecule has 0 aliphatic rings. The van der Waals surface area contributed by atoms with Crippen molar-refractivity contribution < 1.29 is 14.3 Å². The van der Waals surface area contributed by atoms with Crippen LogP contribution in [0.15, 0.2) is 55.1 Å². The van der Waals surface area contributed by atoms with Crippen molar-refractivity contribution >= 4 is 11.9 Å². The normalized spacial score (nSPS) is 11.8. The molecule has 1 N–H and O–H groups in total. The summed E-state index contributed by atoms with van der Waals surface area (Å²) in [6.07, 6.45) is 5.53. The van der Waals surface area contributed by atoms with Crippen molar-refractivity contribution in [2.24, 2.45) is 0 Å². The van der Waals surface area contributed by atoms with Crippen LogP contribution >= 0.6 is 0 Å². The minimum absolute atomic E-state index is 0.0937. The molecule has 1 atom stereocenters. The number of carbonyl (C=O) groups excluding carboxylic acids is 2. The summed E-state index contributed by atoms with van der Waals surface area (Å²) < 4.78 is 4.52. The summed E-state index contributed by atoms with van der Waals surface area (Å²) in [5, 5.41) is 2.85. The molecule has 20 heavy (non-hydrogen) atoms. The molecule has 1 aromatic rings. The number of benzene rings is 1. The second-order valence-electron chi connectivity index (χ2n) is 4.26. The molecule has 0 bridgehead atoms. The Morgan fingerprint density at radius 3 is 2.65 bits per heavy atom. The third-order valence-electron chi connectivity index (χ3n) is 2.73. The van der Waals surface area contributed by atoms with E-state index in [0.717, 1.165) is 5.56 Å². The fourth-order valence-electron chi connectivity index (χ4n) is 1.75. The van der Waals surface area contributed by atoms with E-state index in [9.17, 15) is 9.59 Å². The smallest absolute Gasteiger partial charge is 0.330 e. The van der Waals surface area contributed by atoms with E-state index in [2.05, 4.69) is 16.6 Å². The number of esters is 1. The van der Waals surface area contributed by atoms with Crippen LogP contribution in [0.1, 0.15) is 12.0 Å². The first-order valence-corrected chi connectivity index (χ1v) is 6.37. The van der Waals surface area contributed by atoms with Gasteiger partial charge in [-0.15, -0.1) is 0 Å². The number of ether oxygens (including phenoxy) is 1. The number of nitrogens with one attached hydrogen (secondary N) is 1. The third-order valence-corrected chi connectivity index (χ3v) is 2.73. The summed E-state index contributed by atoms with van der Waals surface area (Å²) in [4.78, 5) is 22.4. The van der Waals surface area contributed by atoms with Gasteiger partial charge in [0.05, 0.1) is 7.11 Å². The minimum atomic E-state index is -0.404. The second-order valence-corrected chi connectivity index (χ2v) is 4.26. The van der Waals surface area contributed by atoms with Crippen molar-refractivity contribution in [2.75, 3.05) is 7.11 Å². The number of hydrogen-bond donors (Lipinski definition) is 1. The fourth-order valence-corrected chi connectivity index (χ4v) is 1.75. The standard InChI is InChI=1S/C16H19NO3/c1-3-15(18)17-14(10-7-11-16(19)20-2)12-13-8-5-4-6-9-13/h3-9,11,14H,1,10,12H2,2H3,(H,17,18)/b11-7+/t14-/m1/s1. The van der Waals surface area contributed by atoms with Crippen molar-refractivity contribution in [3.63, 3.8) is 0 Å². The van der Waals surface area contributed by atoms with Gasteiger partial charge in [-0.2, -0.15) is 0 Å². The molecule has 106 valence electrons. The van der Waals surface area contributed by atoms with Crippen LogP contribution in [-0.2, 0) is 20.7 Å². The fraction of sp³-hybridized carbons (Fsp3) is 0.250. The maximum atomic E-state index is 11.4. The first-order valence-electron chi connectivity index (χ1n) is 6.37. The predicted molar refractivity (Wildman–Crippen MR) is 78.0 cm³/mol. The Balaban J connectivity index is 2.64. The molecule has 0 heterocycles. The molecule has 0 fully saturated rings. The number of hydrogen-bond acceptors (Lipinski definition) is 3. The van der Waals surface area contributed by atoms with E-state index in [-0.39, 0.29) is 11.9 Å². The van der Waals surface area contributed by atoms with E-state index < -0.39 is 5.97 Å². The highest BCUT2D eigenvalue weighted by Gasteiger charge is 2.10. The maximum Gasteiger partial charge on any atom is 0.330 e. The zero-order valence-electron chi connectivity index (χ0n) is 11.5. The van der Waals surface area contributed by atoms with E-state index >= 15 is 0 Å². The van der Waals surface area contributed by atoms with Crippen LogP contribution in [0.25, 0.3) is 0 Å². The van der Waals surface area contributed by atoms with Crippen LogP contribution in [0.4, 0.5) is 0 Å². The quantitative estimate of drug-likeness (QED) is 0.611. The van der Waals surface area contributed by atoms with Gasteiger partial charge in [-0.05, 0) is 24.5 Å². The predicted octanol–water partition coefficient (Wildman–Crippen LogP) is 2.02. The van der Waals surface area contributed by atoms with Crippen LogP contribution in [-0.4, -0.2) is 25.0 Å². The Morgan fingerprint density at radius 1 is 1.35 bits per heavy atom. The lowest BCUT2D eigenvalue weighted by Gasteiger charge is -2.16.